The van der Waals surface area contributed by atoms with E-state index in [0.717, 1.165) is 25.7 Å². The first kappa shape index (κ1) is 14.7. The van der Waals surface area contributed by atoms with E-state index in [2.05, 4.69) is 16.9 Å². The molecule has 2 rings (SSSR count). The van der Waals surface area contributed by atoms with Crippen LogP contribution in [0.1, 0.15) is 31.2 Å². The number of esters is 2. The van der Waals surface area contributed by atoms with Crippen molar-refractivity contribution in [3.05, 3.63) is 35.9 Å². The van der Waals surface area contributed by atoms with Gasteiger partial charge < -0.3 is 9.47 Å². The summed E-state index contributed by atoms with van der Waals surface area (Å²) in [5, 5.41) is 0. The number of cyclic esters (lactones) is 2. The Kier molecular flexibility index (Phi) is 5.30. The summed E-state index contributed by atoms with van der Waals surface area (Å²) in [6.07, 6.45) is 4.00. The minimum Gasteiger partial charge on any atom is -0.391 e. The minimum absolute atomic E-state index is 0.427. The van der Waals surface area contributed by atoms with Crippen molar-refractivity contribution in [3.63, 3.8) is 0 Å². The standard InChI is InChI=1S/C16H20O4/c1-19-14-13(15(17)20-16(14)18)11-7-3-6-10-12-8-4-2-5-9-12/h2,4-5,8-9,13-14H,3,6-7,10-11H2,1H3/t13-,14+/m1/s1. The molecule has 0 aliphatic carbocycles. The van der Waals surface area contributed by atoms with Crippen molar-refractivity contribution in [1.82, 2.24) is 0 Å². The highest BCUT2D eigenvalue weighted by Gasteiger charge is 2.43. The molecule has 108 valence electrons. The van der Waals surface area contributed by atoms with Crippen LogP contribution in [0.2, 0.25) is 0 Å². The van der Waals surface area contributed by atoms with Crippen molar-refractivity contribution in [2.24, 2.45) is 5.92 Å². The number of aryl methyl sites for hydroxylation is 1. The van der Waals surface area contributed by atoms with Crippen LogP contribution in [0.5, 0.6) is 0 Å². The average Bonchev–Trinajstić information content (AvgIpc) is 2.73. The molecule has 0 aromatic heterocycles. The fourth-order valence-corrected chi connectivity index (χ4v) is 2.57. The van der Waals surface area contributed by atoms with E-state index in [1.165, 1.54) is 12.7 Å². The molecule has 2 atom stereocenters. The summed E-state index contributed by atoms with van der Waals surface area (Å²) < 4.78 is 9.64. The van der Waals surface area contributed by atoms with Crippen molar-refractivity contribution in [3.8, 4) is 0 Å². The van der Waals surface area contributed by atoms with Crippen LogP contribution in [0.3, 0.4) is 0 Å². The molecular formula is C16H20O4. The van der Waals surface area contributed by atoms with Gasteiger partial charge in [-0.05, 0) is 24.8 Å². The molecule has 1 aromatic carbocycles. The number of unbranched alkanes of at least 4 members (excludes halogenated alkanes) is 2. The van der Waals surface area contributed by atoms with Gasteiger partial charge in [0.2, 0.25) is 0 Å². The van der Waals surface area contributed by atoms with E-state index in [0.29, 0.717) is 6.42 Å². The molecule has 4 heteroatoms. The Hall–Kier alpha value is -1.68. The summed E-state index contributed by atoms with van der Waals surface area (Å²) in [5.41, 5.74) is 1.33. The quantitative estimate of drug-likeness (QED) is 0.436. The van der Waals surface area contributed by atoms with Crippen LogP contribution in [0.4, 0.5) is 0 Å². The maximum Gasteiger partial charge on any atom is 0.343 e. The lowest BCUT2D eigenvalue weighted by molar-refractivity contribution is -0.155. The number of hydrogen-bond donors (Lipinski definition) is 0. The van der Waals surface area contributed by atoms with Gasteiger partial charge in [0.15, 0.2) is 6.10 Å². The Balaban J connectivity index is 1.68. The van der Waals surface area contributed by atoms with Crippen molar-refractivity contribution >= 4 is 11.9 Å². The normalized spacial score (nSPS) is 22.1. The Morgan fingerprint density at radius 2 is 1.80 bits per heavy atom. The Bertz CT molecular complexity index is 455. The fourth-order valence-electron chi connectivity index (χ4n) is 2.57. The summed E-state index contributed by atoms with van der Waals surface area (Å²) >= 11 is 0. The third kappa shape index (κ3) is 3.67. The predicted molar refractivity (Wildman–Crippen MR) is 74.0 cm³/mol. The number of hydrogen-bond acceptors (Lipinski definition) is 4. The van der Waals surface area contributed by atoms with E-state index >= 15 is 0 Å². The molecule has 4 nitrogen and oxygen atoms in total. The van der Waals surface area contributed by atoms with Crippen LogP contribution in [0, 0.1) is 5.92 Å². The van der Waals surface area contributed by atoms with Gasteiger partial charge >= 0.3 is 11.9 Å². The van der Waals surface area contributed by atoms with Crippen LogP contribution in [-0.2, 0) is 25.5 Å². The number of rotatable bonds is 7. The molecule has 1 aliphatic heterocycles. The summed E-state index contributed by atoms with van der Waals surface area (Å²) in [6, 6.07) is 10.3. The molecule has 0 spiro atoms. The largest absolute Gasteiger partial charge is 0.391 e. The van der Waals surface area contributed by atoms with Crippen molar-refractivity contribution < 1.29 is 19.1 Å². The van der Waals surface area contributed by atoms with Gasteiger partial charge in [0.05, 0.1) is 5.92 Å². The molecular weight excluding hydrogens is 256 g/mol. The van der Waals surface area contributed by atoms with Gasteiger partial charge in [0.25, 0.3) is 0 Å². The monoisotopic (exact) mass is 276 g/mol. The SMILES string of the molecule is CO[C@@H]1C(=O)OC(=O)[C@@H]1CCCCCc1ccccc1. The first-order chi connectivity index (χ1) is 9.72. The molecule has 0 unspecified atom stereocenters. The number of carbonyl (C=O) groups is 2. The maximum absolute atomic E-state index is 11.5. The molecule has 1 aliphatic rings. The Morgan fingerprint density at radius 3 is 2.50 bits per heavy atom. The van der Waals surface area contributed by atoms with Crippen molar-refractivity contribution in [2.75, 3.05) is 7.11 Å². The Morgan fingerprint density at radius 1 is 1.05 bits per heavy atom. The number of benzene rings is 1. The minimum atomic E-state index is -0.711. The summed E-state index contributed by atoms with van der Waals surface area (Å²) in [5.74, 6) is -1.42. The van der Waals surface area contributed by atoms with E-state index < -0.39 is 24.0 Å². The lowest BCUT2D eigenvalue weighted by Gasteiger charge is -2.11. The van der Waals surface area contributed by atoms with Gasteiger partial charge in [-0.25, -0.2) is 4.79 Å². The van der Waals surface area contributed by atoms with Gasteiger partial charge in [-0.3, -0.25) is 4.79 Å². The highest BCUT2D eigenvalue weighted by Crippen LogP contribution is 2.25. The van der Waals surface area contributed by atoms with Gasteiger partial charge in [0.1, 0.15) is 0 Å². The molecule has 0 saturated carbocycles. The molecule has 0 N–H and O–H groups in total. The van der Waals surface area contributed by atoms with Gasteiger partial charge in [-0.1, -0.05) is 43.2 Å². The second kappa shape index (κ2) is 7.20. The fraction of sp³-hybridized carbons (Fsp3) is 0.500. The van der Waals surface area contributed by atoms with Crippen LogP contribution in [0.15, 0.2) is 30.3 Å². The third-order valence-electron chi connectivity index (χ3n) is 3.68. The number of ether oxygens (including phenoxy) is 2. The zero-order valence-electron chi connectivity index (χ0n) is 11.7. The average molecular weight is 276 g/mol. The third-order valence-corrected chi connectivity index (χ3v) is 3.68. The zero-order chi connectivity index (χ0) is 14.4. The Labute approximate surface area is 119 Å². The van der Waals surface area contributed by atoms with Gasteiger partial charge in [0, 0.05) is 7.11 Å². The van der Waals surface area contributed by atoms with E-state index in [1.807, 2.05) is 18.2 Å². The van der Waals surface area contributed by atoms with E-state index in [-0.39, 0.29) is 0 Å². The molecule has 0 radical (unpaired) electrons. The smallest absolute Gasteiger partial charge is 0.343 e. The highest BCUT2D eigenvalue weighted by atomic mass is 16.6. The van der Waals surface area contributed by atoms with Crippen LogP contribution < -0.4 is 0 Å². The molecule has 0 bridgehead atoms. The van der Waals surface area contributed by atoms with E-state index in [9.17, 15) is 9.59 Å². The van der Waals surface area contributed by atoms with E-state index in [1.54, 1.807) is 0 Å². The molecule has 1 saturated heterocycles. The van der Waals surface area contributed by atoms with Gasteiger partial charge in [-0.2, -0.15) is 0 Å². The van der Waals surface area contributed by atoms with Gasteiger partial charge in [-0.15, -0.1) is 0 Å². The molecule has 1 fully saturated rings. The maximum atomic E-state index is 11.5. The molecule has 20 heavy (non-hydrogen) atoms. The van der Waals surface area contributed by atoms with Crippen LogP contribution in [0.25, 0.3) is 0 Å². The molecule has 1 heterocycles. The number of carbonyl (C=O) groups excluding carboxylic acids is 2. The van der Waals surface area contributed by atoms with Crippen molar-refractivity contribution in [2.45, 2.75) is 38.2 Å². The lowest BCUT2D eigenvalue weighted by Crippen LogP contribution is -2.25. The zero-order valence-corrected chi connectivity index (χ0v) is 11.7. The second-order valence-corrected chi connectivity index (χ2v) is 5.09. The summed E-state index contributed by atoms with van der Waals surface area (Å²) in [7, 11) is 1.44. The molecule has 0 amide bonds. The lowest BCUT2D eigenvalue weighted by atomic mass is 9.96. The first-order valence-electron chi connectivity index (χ1n) is 7.04. The van der Waals surface area contributed by atoms with Crippen LogP contribution in [-0.4, -0.2) is 25.2 Å². The first-order valence-corrected chi connectivity index (χ1v) is 7.04. The second-order valence-electron chi connectivity index (χ2n) is 5.09. The summed E-state index contributed by atoms with van der Waals surface area (Å²) in [6.45, 7) is 0. The predicted octanol–water partition coefficient (Wildman–Crippen LogP) is 2.50. The number of methoxy groups -OCH3 is 1. The summed E-state index contributed by atoms with van der Waals surface area (Å²) in [4.78, 5) is 22.8. The highest BCUT2D eigenvalue weighted by molar-refractivity contribution is 5.98. The molecule has 1 aromatic rings. The topological polar surface area (TPSA) is 52.6 Å². The van der Waals surface area contributed by atoms with Crippen LogP contribution >= 0.6 is 0 Å². The van der Waals surface area contributed by atoms with Crippen molar-refractivity contribution in [1.29, 1.82) is 0 Å². The van der Waals surface area contributed by atoms with E-state index in [4.69, 9.17) is 4.74 Å².